The lowest BCUT2D eigenvalue weighted by atomic mass is 9.81. The van der Waals surface area contributed by atoms with Crippen molar-refractivity contribution in [1.29, 1.82) is 0 Å². The van der Waals surface area contributed by atoms with Gasteiger partial charge in [0.1, 0.15) is 5.71 Å². The van der Waals surface area contributed by atoms with Gasteiger partial charge in [0.25, 0.3) is 0 Å². The second-order valence-electron chi connectivity index (χ2n) is 9.73. The molecule has 4 rings (SSSR count). The zero-order chi connectivity index (χ0) is 20.3. The number of hydrogen-bond acceptors (Lipinski definition) is 2. The van der Waals surface area contributed by atoms with Crippen LogP contribution in [0, 0.1) is 0 Å². The fourth-order valence-corrected chi connectivity index (χ4v) is 3.93. The molecule has 0 radical (unpaired) electrons. The molecule has 0 N–H and O–H groups in total. The van der Waals surface area contributed by atoms with Gasteiger partial charge < -0.3 is 0 Å². The van der Waals surface area contributed by atoms with Crippen LogP contribution in [0.1, 0.15) is 68.6 Å². The third-order valence-electron chi connectivity index (χ3n) is 5.52. The van der Waals surface area contributed by atoms with Crippen LogP contribution in [0.4, 0.5) is 5.69 Å². The van der Waals surface area contributed by atoms with E-state index in [0.717, 1.165) is 33.2 Å². The molecule has 0 bridgehead atoms. The molecule has 0 unspecified atom stereocenters. The third kappa shape index (κ3) is 2.97. The molecule has 0 heterocycles. The molecule has 1 aliphatic rings. The lowest BCUT2D eigenvalue weighted by Gasteiger charge is -2.25. The predicted molar refractivity (Wildman–Crippen MR) is 118 cm³/mol. The molecular weight excluding hydrogens is 342 g/mol. The summed E-state index contributed by atoms with van der Waals surface area (Å²) >= 11 is 0. The van der Waals surface area contributed by atoms with E-state index >= 15 is 0 Å². The Labute approximate surface area is 167 Å². The van der Waals surface area contributed by atoms with Crippen LogP contribution < -0.4 is 0 Å². The minimum Gasteiger partial charge on any atom is -0.287 e. The highest BCUT2D eigenvalue weighted by molar-refractivity contribution is 6.59. The lowest BCUT2D eigenvalue weighted by Crippen LogP contribution is -2.16. The van der Waals surface area contributed by atoms with Crippen molar-refractivity contribution in [3.8, 4) is 0 Å². The van der Waals surface area contributed by atoms with Gasteiger partial charge in [-0.3, -0.25) is 4.79 Å². The largest absolute Gasteiger partial charge is 0.287 e. The van der Waals surface area contributed by atoms with Crippen molar-refractivity contribution in [2.24, 2.45) is 4.99 Å². The van der Waals surface area contributed by atoms with Crippen LogP contribution in [0.5, 0.6) is 0 Å². The fourth-order valence-electron chi connectivity index (χ4n) is 3.93. The first-order valence-corrected chi connectivity index (χ1v) is 9.88. The van der Waals surface area contributed by atoms with E-state index in [1.165, 1.54) is 5.56 Å². The van der Waals surface area contributed by atoms with E-state index in [1.807, 2.05) is 24.3 Å². The SMILES string of the molecule is CC(C)(C)c1ccc(C(C)(C)C)c(/N=C2/C(=O)c3cccc4cccc2c34)c1. The topological polar surface area (TPSA) is 29.4 Å². The van der Waals surface area contributed by atoms with Crippen molar-refractivity contribution in [2.75, 3.05) is 0 Å². The van der Waals surface area contributed by atoms with Crippen LogP contribution in [-0.2, 0) is 10.8 Å². The van der Waals surface area contributed by atoms with Gasteiger partial charge in [-0.05, 0) is 33.4 Å². The van der Waals surface area contributed by atoms with Gasteiger partial charge in [-0.1, -0.05) is 90.1 Å². The Hall–Kier alpha value is -2.74. The molecule has 2 nitrogen and oxygen atoms in total. The maximum atomic E-state index is 13.2. The van der Waals surface area contributed by atoms with Crippen LogP contribution in [-0.4, -0.2) is 11.5 Å². The molecule has 0 saturated heterocycles. The first-order chi connectivity index (χ1) is 13.1. The van der Waals surface area contributed by atoms with Crippen molar-refractivity contribution < 1.29 is 4.79 Å². The van der Waals surface area contributed by atoms with E-state index in [1.54, 1.807) is 0 Å². The van der Waals surface area contributed by atoms with Gasteiger partial charge in [0.2, 0.25) is 5.78 Å². The quantitative estimate of drug-likeness (QED) is 0.466. The van der Waals surface area contributed by atoms with E-state index in [-0.39, 0.29) is 16.6 Å². The van der Waals surface area contributed by atoms with E-state index < -0.39 is 0 Å². The Balaban J connectivity index is 1.97. The average molecular weight is 370 g/mol. The zero-order valence-electron chi connectivity index (χ0n) is 17.6. The number of carbonyl (C=O) groups excluding carboxylic acids is 1. The van der Waals surface area contributed by atoms with E-state index in [0.29, 0.717) is 5.71 Å². The van der Waals surface area contributed by atoms with Crippen molar-refractivity contribution in [3.63, 3.8) is 0 Å². The molecule has 1 aliphatic carbocycles. The Bertz CT molecular complexity index is 1130. The highest BCUT2D eigenvalue weighted by Gasteiger charge is 2.30. The molecule has 0 saturated carbocycles. The number of Topliss-reactive ketones (excluding diaryl/α,β-unsaturated/α-hetero) is 1. The van der Waals surface area contributed by atoms with Gasteiger partial charge >= 0.3 is 0 Å². The standard InChI is InChI=1S/C26H27NO/c1-25(2,3)17-13-14-20(26(4,5)6)21(15-17)27-23-18-11-7-9-16-10-8-12-19(22(16)18)24(23)28/h7-15H,1-6H3/b27-23+. The molecule has 142 valence electrons. The summed E-state index contributed by atoms with van der Waals surface area (Å²) in [5, 5.41) is 2.12. The molecule has 28 heavy (non-hydrogen) atoms. The first kappa shape index (κ1) is 18.6. The Morgan fingerprint density at radius 3 is 2.00 bits per heavy atom. The van der Waals surface area contributed by atoms with Crippen molar-refractivity contribution in [2.45, 2.75) is 52.4 Å². The van der Waals surface area contributed by atoms with Gasteiger partial charge in [-0.2, -0.15) is 0 Å². The number of hydrogen-bond donors (Lipinski definition) is 0. The third-order valence-corrected chi connectivity index (χ3v) is 5.52. The predicted octanol–water partition coefficient (Wildman–Crippen LogP) is 6.75. The summed E-state index contributed by atoms with van der Waals surface area (Å²) in [5.41, 5.74) is 5.50. The highest BCUT2D eigenvalue weighted by atomic mass is 16.1. The second kappa shape index (κ2) is 6.13. The fraction of sp³-hybridized carbons (Fsp3) is 0.308. The number of carbonyl (C=O) groups is 1. The Morgan fingerprint density at radius 2 is 1.39 bits per heavy atom. The lowest BCUT2D eigenvalue weighted by molar-refractivity contribution is 0.107. The molecule has 0 fully saturated rings. The van der Waals surface area contributed by atoms with Gasteiger partial charge in [0.05, 0.1) is 5.69 Å². The molecule has 3 aromatic carbocycles. The summed E-state index contributed by atoms with van der Waals surface area (Å²) in [6, 6.07) is 18.5. The maximum Gasteiger partial charge on any atom is 0.212 e. The molecule has 0 spiro atoms. The molecular formula is C26H27NO. The van der Waals surface area contributed by atoms with Crippen LogP contribution in [0.15, 0.2) is 59.6 Å². The second-order valence-corrected chi connectivity index (χ2v) is 9.73. The molecule has 0 atom stereocenters. The number of nitrogens with zero attached hydrogens (tertiary/aromatic N) is 1. The van der Waals surface area contributed by atoms with Gasteiger partial charge in [-0.15, -0.1) is 0 Å². The summed E-state index contributed by atoms with van der Waals surface area (Å²) in [6.07, 6.45) is 0. The maximum absolute atomic E-state index is 13.2. The van der Waals surface area contributed by atoms with Crippen molar-refractivity contribution >= 4 is 28.0 Å². The molecule has 0 amide bonds. The van der Waals surface area contributed by atoms with E-state index in [2.05, 4.69) is 71.9 Å². The van der Waals surface area contributed by atoms with Crippen molar-refractivity contribution in [1.82, 2.24) is 0 Å². The average Bonchev–Trinajstić information content (AvgIpc) is 2.88. The summed E-state index contributed by atoms with van der Waals surface area (Å²) < 4.78 is 0. The minimum absolute atomic E-state index is 0.0211. The summed E-state index contributed by atoms with van der Waals surface area (Å²) in [5.74, 6) is 0.0211. The summed E-state index contributed by atoms with van der Waals surface area (Å²) in [7, 11) is 0. The normalized spacial score (nSPS) is 15.6. The van der Waals surface area contributed by atoms with Gasteiger partial charge in [0, 0.05) is 16.5 Å². The number of aliphatic imine (C=N–C) groups is 1. The molecule has 3 aromatic rings. The minimum atomic E-state index is -0.0592. The molecule has 0 aromatic heterocycles. The summed E-state index contributed by atoms with van der Waals surface area (Å²) in [4.78, 5) is 18.2. The van der Waals surface area contributed by atoms with Crippen LogP contribution in [0.3, 0.4) is 0 Å². The monoisotopic (exact) mass is 369 g/mol. The van der Waals surface area contributed by atoms with E-state index in [9.17, 15) is 4.79 Å². The Kier molecular flexibility index (Phi) is 4.08. The number of ketones is 1. The smallest absolute Gasteiger partial charge is 0.212 e. The zero-order valence-corrected chi connectivity index (χ0v) is 17.6. The van der Waals surface area contributed by atoms with Crippen molar-refractivity contribution in [3.05, 3.63) is 76.9 Å². The van der Waals surface area contributed by atoms with Gasteiger partial charge in [0.15, 0.2) is 0 Å². The highest BCUT2D eigenvalue weighted by Crippen LogP contribution is 2.38. The van der Waals surface area contributed by atoms with Crippen LogP contribution in [0.25, 0.3) is 10.8 Å². The van der Waals surface area contributed by atoms with Gasteiger partial charge in [-0.25, -0.2) is 4.99 Å². The van der Waals surface area contributed by atoms with E-state index in [4.69, 9.17) is 4.99 Å². The Morgan fingerprint density at radius 1 is 0.750 bits per heavy atom. The van der Waals surface area contributed by atoms with Crippen LogP contribution >= 0.6 is 0 Å². The summed E-state index contributed by atoms with van der Waals surface area (Å²) in [6.45, 7) is 13.2. The van der Waals surface area contributed by atoms with Crippen LogP contribution in [0.2, 0.25) is 0 Å². The number of rotatable bonds is 1. The first-order valence-electron chi connectivity index (χ1n) is 9.88. The number of benzene rings is 3. The molecule has 0 aliphatic heterocycles. The molecule has 2 heteroatoms.